The molecule has 1 atom stereocenters. The maximum absolute atomic E-state index is 13.0. The summed E-state index contributed by atoms with van der Waals surface area (Å²) >= 11 is 0. The van der Waals surface area contributed by atoms with Crippen molar-refractivity contribution in [2.75, 3.05) is 24.3 Å². The Balaban J connectivity index is 1.75. The van der Waals surface area contributed by atoms with Crippen molar-refractivity contribution in [1.82, 2.24) is 4.31 Å². The number of carboxylic acid groups (broad SMARTS) is 1. The number of anilines is 2. The molecule has 1 saturated heterocycles. The molecule has 1 aliphatic heterocycles. The van der Waals surface area contributed by atoms with Crippen LogP contribution in [-0.4, -0.2) is 49.5 Å². The van der Waals surface area contributed by atoms with Crippen molar-refractivity contribution in [1.29, 1.82) is 0 Å². The second kappa shape index (κ2) is 9.27. The van der Waals surface area contributed by atoms with Gasteiger partial charge in [-0.3, -0.25) is 4.79 Å². The molecule has 0 aliphatic carbocycles. The number of rotatable bonds is 6. The van der Waals surface area contributed by atoms with Crippen LogP contribution < -0.4 is 15.4 Å². The van der Waals surface area contributed by atoms with Crippen molar-refractivity contribution < 1.29 is 41.0 Å². The summed E-state index contributed by atoms with van der Waals surface area (Å²) in [4.78, 5) is 23.3. The van der Waals surface area contributed by atoms with E-state index in [4.69, 9.17) is 4.74 Å². The Morgan fingerprint density at radius 2 is 1.70 bits per heavy atom. The van der Waals surface area contributed by atoms with E-state index in [1.54, 1.807) is 0 Å². The third-order valence-electron chi connectivity index (χ3n) is 4.97. The molecule has 9 nitrogen and oxygen atoms in total. The summed E-state index contributed by atoms with van der Waals surface area (Å²) in [5, 5.41) is 14.1. The van der Waals surface area contributed by atoms with Gasteiger partial charge in [0, 0.05) is 24.0 Å². The number of carbonyl (C=O) groups excluding carboxylic acids is 1. The summed E-state index contributed by atoms with van der Waals surface area (Å²) in [5.41, 5.74) is -0.607. The maximum atomic E-state index is 13.0. The van der Waals surface area contributed by atoms with Crippen molar-refractivity contribution >= 4 is 33.4 Å². The Morgan fingerprint density at radius 3 is 2.27 bits per heavy atom. The Bertz CT molecular complexity index is 1150. The van der Waals surface area contributed by atoms with Gasteiger partial charge in [-0.25, -0.2) is 13.2 Å². The molecule has 33 heavy (non-hydrogen) atoms. The summed E-state index contributed by atoms with van der Waals surface area (Å²) in [7, 11) is -2.96. The lowest BCUT2D eigenvalue weighted by Gasteiger charge is -2.22. The van der Waals surface area contributed by atoms with Crippen molar-refractivity contribution in [2.45, 2.75) is 30.0 Å². The van der Waals surface area contributed by atoms with Crippen LogP contribution in [0.1, 0.15) is 18.4 Å². The van der Waals surface area contributed by atoms with Gasteiger partial charge in [0.2, 0.25) is 10.0 Å². The van der Waals surface area contributed by atoms with E-state index >= 15 is 0 Å². The molecular weight excluding hydrogens is 467 g/mol. The lowest BCUT2D eigenvalue weighted by Crippen LogP contribution is -2.40. The number of sulfonamides is 1. The zero-order valence-corrected chi connectivity index (χ0v) is 18.0. The van der Waals surface area contributed by atoms with E-state index in [1.807, 2.05) is 0 Å². The van der Waals surface area contributed by atoms with Crippen LogP contribution in [0.2, 0.25) is 0 Å². The highest BCUT2D eigenvalue weighted by molar-refractivity contribution is 7.89. The molecule has 1 fully saturated rings. The minimum atomic E-state index is -4.50. The maximum Gasteiger partial charge on any atom is 0.416 e. The summed E-state index contributed by atoms with van der Waals surface area (Å²) in [6.45, 7) is 0.0536. The van der Waals surface area contributed by atoms with E-state index in [1.165, 1.54) is 25.3 Å². The van der Waals surface area contributed by atoms with Crippen molar-refractivity contribution in [2.24, 2.45) is 0 Å². The number of methoxy groups -OCH3 is 1. The van der Waals surface area contributed by atoms with Crippen LogP contribution in [0.3, 0.4) is 0 Å². The van der Waals surface area contributed by atoms with E-state index < -0.39 is 39.8 Å². The third kappa shape index (κ3) is 5.37. The van der Waals surface area contributed by atoms with E-state index in [-0.39, 0.29) is 35.0 Å². The molecule has 3 N–H and O–H groups in total. The lowest BCUT2D eigenvalue weighted by molar-refractivity contribution is -0.140. The van der Waals surface area contributed by atoms with Gasteiger partial charge >= 0.3 is 18.2 Å². The Morgan fingerprint density at radius 1 is 1.09 bits per heavy atom. The first kappa shape index (κ1) is 24.3. The number of halogens is 3. The minimum Gasteiger partial charge on any atom is -0.495 e. The summed E-state index contributed by atoms with van der Waals surface area (Å²) in [6, 6.07) is 5.57. The second-order valence-electron chi connectivity index (χ2n) is 7.13. The first-order valence-corrected chi connectivity index (χ1v) is 11.1. The van der Waals surface area contributed by atoms with Crippen molar-refractivity contribution in [3.8, 4) is 5.75 Å². The van der Waals surface area contributed by atoms with Gasteiger partial charge in [-0.2, -0.15) is 17.5 Å². The molecule has 1 heterocycles. The molecule has 2 aromatic rings. The highest BCUT2D eigenvalue weighted by Gasteiger charge is 2.40. The van der Waals surface area contributed by atoms with E-state index in [0.717, 1.165) is 28.6 Å². The first-order chi connectivity index (χ1) is 15.4. The normalized spacial score (nSPS) is 16.9. The number of alkyl halides is 3. The van der Waals surface area contributed by atoms with Crippen LogP contribution in [0.5, 0.6) is 5.75 Å². The number of urea groups is 1. The zero-order chi connectivity index (χ0) is 24.4. The fourth-order valence-electron chi connectivity index (χ4n) is 3.40. The van der Waals surface area contributed by atoms with Gasteiger partial charge in [0.15, 0.2) is 0 Å². The van der Waals surface area contributed by atoms with Gasteiger partial charge in [0.25, 0.3) is 0 Å². The van der Waals surface area contributed by atoms with Crippen LogP contribution in [-0.2, 0) is 21.0 Å². The number of aliphatic carboxylic acids is 1. The van der Waals surface area contributed by atoms with Gasteiger partial charge in [-0.05, 0) is 49.2 Å². The van der Waals surface area contributed by atoms with Gasteiger partial charge < -0.3 is 20.5 Å². The molecule has 2 aromatic carbocycles. The average molecular weight is 487 g/mol. The number of nitrogens with one attached hydrogen (secondary N) is 2. The smallest absolute Gasteiger partial charge is 0.416 e. The molecule has 0 bridgehead atoms. The van der Waals surface area contributed by atoms with E-state index in [0.29, 0.717) is 6.42 Å². The molecule has 13 heteroatoms. The van der Waals surface area contributed by atoms with E-state index in [2.05, 4.69) is 10.6 Å². The number of benzene rings is 2. The SMILES string of the molecule is COc1cc(NC(=O)Nc2ccc(C(F)(F)F)cc2)ccc1S(=O)(=O)N1CCC[C@H]1C(=O)O. The summed E-state index contributed by atoms with van der Waals surface area (Å²) < 4.78 is 69.9. The highest BCUT2D eigenvalue weighted by Crippen LogP contribution is 2.34. The number of hydrogen-bond donors (Lipinski definition) is 3. The Labute approximate surface area is 187 Å². The predicted molar refractivity (Wildman–Crippen MR) is 112 cm³/mol. The molecule has 0 aromatic heterocycles. The molecular formula is C20H20F3N3O6S. The van der Waals surface area contributed by atoms with Crippen LogP contribution in [0.4, 0.5) is 29.3 Å². The number of amides is 2. The topological polar surface area (TPSA) is 125 Å². The van der Waals surface area contributed by atoms with Crippen LogP contribution in [0.15, 0.2) is 47.4 Å². The van der Waals surface area contributed by atoms with Crippen LogP contribution >= 0.6 is 0 Å². The Kier molecular flexibility index (Phi) is 6.84. The van der Waals surface area contributed by atoms with E-state index in [9.17, 15) is 36.3 Å². The second-order valence-corrected chi connectivity index (χ2v) is 8.99. The number of carboxylic acids is 1. The molecule has 0 unspecified atom stereocenters. The van der Waals surface area contributed by atoms with Crippen LogP contribution in [0.25, 0.3) is 0 Å². The number of ether oxygens (including phenoxy) is 1. The molecule has 2 amide bonds. The van der Waals surface area contributed by atoms with Gasteiger partial charge in [0.1, 0.15) is 16.7 Å². The molecule has 0 radical (unpaired) electrons. The standard InChI is InChI=1S/C20H20F3N3O6S/c1-32-16-11-14(25-19(29)24-13-6-4-12(5-7-13)20(21,22)23)8-9-17(16)33(30,31)26-10-2-3-15(26)18(27)28/h4-9,11,15H,2-3,10H2,1H3,(H,27,28)(H2,24,25,29)/t15-/m0/s1. The van der Waals surface area contributed by atoms with Crippen LogP contribution in [0, 0.1) is 0 Å². The highest BCUT2D eigenvalue weighted by atomic mass is 32.2. The molecule has 1 aliphatic rings. The Hall–Kier alpha value is -3.32. The fraction of sp³-hybridized carbons (Fsp3) is 0.300. The van der Waals surface area contributed by atoms with Crippen molar-refractivity contribution in [3.05, 3.63) is 48.0 Å². The molecule has 178 valence electrons. The lowest BCUT2D eigenvalue weighted by atomic mass is 10.2. The van der Waals surface area contributed by atoms with Gasteiger partial charge in [0.05, 0.1) is 12.7 Å². The first-order valence-electron chi connectivity index (χ1n) is 9.61. The number of hydrogen-bond acceptors (Lipinski definition) is 5. The number of nitrogens with zero attached hydrogens (tertiary/aromatic N) is 1. The fourth-order valence-corrected chi connectivity index (χ4v) is 5.18. The van der Waals surface area contributed by atoms with Gasteiger partial charge in [-0.15, -0.1) is 0 Å². The molecule has 3 rings (SSSR count). The zero-order valence-electron chi connectivity index (χ0n) is 17.2. The van der Waals surface area contributed by atoms with Gasteiger partial charge in [-0.1, -0.05) is 0 Å². The monoisotopic (exact) mass is 487 g/mol. The largest absolute Gasteiger partial charge is 0.495 e. The molecule has 0 spiro atoms. The summed E-state index contributed by atoms with van der Waals surface area (Å²) in [6.07, 6.45) is -3.90. The minimum absolute atomic E-state index is 0.0536. The molecule has 0 saturated carbocycles. The predicted octanol–water partition coefficient (Wildman–Crippen LogP) is 3.60. The quantitative estimate of drug-likeness (QED) is 0.572. The summed E-state index contributed by atoms with van der Waals surface area (Å²) in [5.74, 6) is -1.35. The average Bonchev–Trinajstić information content (AvgIpc) is 3.24. The third-order valence-corrected chi connectivity index (χ3v) is 6.91. The number of carbonyl (C=O) groups is 2. The van der Waals surface area contributed by atoms with Crippen molar-refractivity contribution in [3.63, 3.8) is 0 Å².